The van der Waals surface area contributed by atoms with Crippen molar-refractivity contribution >= 4 is 23.7 Å². The summed E-state index contributed by atoms with van der Waals surface area (Å²) in [5, 5.41) is 23.5. The number of nitrogens with zero attached hydrogens (tertiary/aromatic N) is 1. The van der Waals surface area contributed by atoms with Crippen LogP contribution in [0.5, 0.6) is 5.75 Å². The number of carboxylic acids is 1. The molecule has 0 aromatic heterocycles. The molecule has 0 aliphatic rings. The summed E-state index contributed by atoms with van der Waals surface area (Å²) in [6.07, 6.45) is 14.4. The zero-order chi connectivity index (χ0) is 29.3. The first kappa shape index (κ1) is 35.4. The van der Waals surface area contributed by atoms with Crippen molar-refractivity contribution < 1.29 is 24.6 Å². The van der Waals surface area contributed by atoms with Crippen LogP contribution in [0.2, 0.25) is 0 Å². The van der Waals surface area contributed by atoms with Crippen molar-refractivity contribution in [3.63, 3.8) is 0 Å². The van der Waals surface area contributed by atoms with Crippen molar-refractivity contribution in [3.8, 4) is 5.75 Å². The maximum Gasteiger partial charge on any atom is 0.328 e. The number of phenols is 1. The number of aliphatic imine (C=N–C) groups is 1. The van der Waals surface area contributed by atoms with Gasteiger partial charge < -0.3 is 32.3 Å². The lowest BCUT2D eigenvalue weighted by Crippen LogP contribution is -2.48. The first-order chi connectivity index (χ1) is 18.7. The molecule has 0 radical (unpaired) electrons. The number of nitrogens with one attached hydrogen (secondary N) is 2. The summed E-state index contributed by atoms with van der Waals surface area (Å²) in [6, 6.07) is 5.69. The summed E-state index contributed by atoms with van der Waals surface area (Å²) in [4.78, 5) is 39.2. The summed E-state index contributed by atoms with van der Waals surface area (Å²) in [5.74, 6) is -1.33. The van der Waals surface area contributed by atoms with Crippen LogP contribution in [0.1, 0.15) is 90.0 Å². The molecular formula is C29H49N5O5. The minimum Gasteiger partial charge on any atom is -0.508 e. The number of benzene rings is 1. The van der Waals surface area contributed by atoms with E-state index in [1.54, 1.807) is 12.1 Å². The third-order valence-electron chi connectivity index (χ3n) is 5.71. The normalized spacial score (nSPS) is 11.2. The van der Waals surface area contributed by atoms with Gasteiger partial charge in [-0.05, 0) is 30.5 Å². The monoisotopic (exact) mass is 547 g/mol. The Bertz CT molecular complexity index is 867. The molecule has 0 heterocycles. The largest absolute Gasteiger partial charge is 0.508 e. The van der Waals surface area contributed by atoms with Gasteiger partial charge in [0, 0.05) is 32.0 Å². The van der Waals surface area contributed by atoms with Crippen molar-refractivity contribution in [1.29, 1.82) is 0 Å². The van der Waals surface area contributed by atoms with Crippen LogP contribution in [0, 0.1) is 0 Å². The Hall–Kier alpha value is -3.56. The van der Waals surface area contributed by atoms with Crippen LogP contribution in [-0.4, -0.2) is 53.1 Å². The van der Waals surface area contributed by atoms with E-state index < -0.39 is 12.0 Å². The zero-order valence-corrected chi connectivity index (χ0v) is 23.7. The molecule has 39 heavy (non-hydrogen) atoms. The van der Waals surface area contributed by atoms with Crippen molar-refractivity contribution in [2.24, 2.45) is 16.5 Å². The third-order valence-corrected chi connectivity index (χ3v) is 5.71. The van der Waals surface area contributed by atoms with Gasteiger partial charge in [-0.2, -0.15) is 0 Å². The Labute approximate surface area is 233 Å². The predicted molar refractivity (Wildman–Crippen MR) is 156 cm³/mol. The standard InChI is InChI=1S/C25H38N2O5.C4H11N3/c1-2-3-4-5-6-7-8-9-10-12-23(29)27-22(19-20-14-16-21(28)17-15-20)25(32)26-18-11-13-24(30)31;1-2-3-7-4(5)6/h11,13-17,22,28H,2-10,12,18-19H2,1H3,(H,26,32)(H,27,29)(H,30,31);2-3H2,1H3,(H4,5,6,7)/b13-11+;. The van der Waals surface area contributed by atoms with Gasteiger partial charge in [-0.15, -0.1) is 0 Å². The van der Waals surface area contributed by atoms with Crippen LogP contribution in [0.15, 0.2) is 41.4 Å². The number of aromatic hydroxyl groups is 1. The fraction of sp³-hybridized carbons (Fsp3) is 0.586. The zero-order valence-electron chi connectivity index (χ0n) is 23.7. The quantitative estimate of drug-likeness (QED) is 0.0660. The minimum atomic E-state index is -1.09. The highest BCUT2D eigenvalue weighted by Gasteiger charge is 2.20. The van der Waals surface area contributed by atoms with Crippen LogP contribution in [0.4, 0.5) is 0 Å². The Morgan fingerprint density at radius 3 is 2.03 bits per heavy atom. The molecule has 8 N–H and O–H groups in total. The average Bonchev–Trinajstić information content (AvgIpc) is 2.90. The van der Waals surface area contributed by atoms with Gasteiger partial charge in [-0.25, -0.2) is 4.79 Å². The maximum atomic E-state index is 12.6. The molecule has 1 atom stereocenters. The number of carbonyl (C=O) groups excluding carboxylic acids is 2. The number of aliphatic carboxylic acids is 1. The molecule has 0 bridgehead atoms. The van der Waals surface area contributed by atoms with Crippen LogP contribution in [0.3, 0.4) is 0 Å². The topological polar surface area (TPSA) is 180 Å². The lowest BCUT2D eigenvalue weighted by molar-refractivity contribution is -0.131. The van der Waals surface area contributed by atoms with E-state index in [4.69, 9.17) is 16.6 Å². The first-order valence-electron chi connectivity index (χ1n) is 14.0. The Morgan fingerprint density at radius 1 is 0.923 bits per heavy atom. The number of carbonyl (C=O) groups is 3. The minimum absolute atomic E-state index is 0.0609. The van der Waals surface area contributed by atoms with Gasteiger partial charge in [0.25, 0.3) is 0 Å². The molecule has 10 nitrogen and oxygen atoms in total. The number of rotatable bonds is 19. The van der Waals surface area contributed by atoms with Crippen molar-refractivity contribution in [2.45, 2.75) is 96.9 Å². The smallest absolute Gasteiger partial charge is 0.328 e. The van der Waals surface area contributed by atoms with Crippen molar-refractivity contribution in [2.75, 3.05) is 13.1 Å². The van der Waals surface area contributed by atoms with Gasteiger partial charge >= 0.3 is 5.97 Å². The molecule has 1 rings (SSSR count). The molecule has 1 aromatic rings. The van der Waals surface area contributed by atoms with E-state index in [9.17, 15) is 19.5 Å². The molecule has 0 spiro atoms. The van der Waals surface area contributed by atoms with Gasteiger partial charge in [-0.3, -0.25) is 14.6 Å². The van der Waals surface area contributed by atoms with E-state index in [1.807, 2.05) is 6.92 Å². The number of nitrogens with two attached hydrogens (primary N) is 2. The molecular weight excluding hydrogens is 498 g/mol. The Balaban J connectivity index is 0.00000181. The van der Waals surface area contributed by atoms with Crippen LogP contribution >= 0.6 is 0 Å². The summed E-state index contributed by atoms with van der Waals surface area (Å²) in [6.45, 7) is 5.03. The molecule has 220 valence electrons. The second-order valence-electron chi connectivity index (χ2n) is 9.36. The summed E-state index contributed by atoms with van der Waals surface area (Å²) < 4.78 is 0. The van der Waals surface area contributed by atoms with Crippen molar-refractivity contribution in [1.82, 2.24) is 10.6 Å². The van der Waals surface area contributed by atoms with Gasteiger partial charge in [0.05, 0.1) is 0 Å². The second kappa shape index (κ2) is 23.5. The van der Waals surface area contributed by atoms with E-state index in [-0.39, 0.29) is 36.5 Å². The second-order valence-corrected chi connectivity index (χ2v) is 9.36. The molecule has 0 aliphatic carbocycles. The molecule has 1 aromatic carbocycles. The lowest BCUT2D eigenvalue weighted by Gasteiger charge is -2.18. The van der Waals surface area contributed by atoms with Crippen LogP contribution in [0.25, 0.3) is 0 Å². The lowest BCUT2D eigenvalue weighted by atomic mass is 10.0. The van der Waals surface area contributed by atoms with E-state index in [0.717, 1.165) is 43.9 Å². The Kier molecular flexibility index (Phi) is 21.4. The van der Waals surface area contributed by atoms with Gasteiger partial charge in [0.15, 0.2) is 5.96 Å². The van der Waals surface area contributed by atoms with E-state index in [2.05, 4.69) is 22.5 Å². The van der Waals surface area contributed by atoms with Gasteiger partial charge in [0.2, 0.25) is 11.8 Å². The van der Waals surface area contributed by atoms with Gasteiger partial charge in [-0.1, -0.05) is 83.4 Å². The number of hydrogen-bond acceptors (Lipinski definition) is 5. The van der Waals surface area contributed by atoms with Crippen LogP contribution in [-0.2, 0) is 20.8 Å². The highest BCUT2D eigenvalue weighted by Crippen LogP contribution is 2.13. The number of guanidine groups is 1. The molecule has 0 aliphatic heterocycles. The fourth-order valence-corrected chi connectivity index (χ4v) is 3.62. The Morgan fingerprint density at radius 2 is 1.51 bits per heavy atom. The SMILES string of the molecule is CCCCCCCCCCCC(=O)NC(Cc1ccc(O)cc1)C(=O)NC/C=C/C(=O)O.CCCN=C(N)N. The van der Waals surface area contributed by atoms with Crippen LogP contribution < -0.4 is 22.1 Å². The van der Waals surface area contributed by atoms with E-state index in [1.165, 1.54) is 56.7 Å². The number of amides is 2. The molecule has 0 saturated heterocycles. The molecule has 1 unspecified atom stereocenters. The summed E-state index contributed by atoms with van der Waals surface area (Å²) in [5.41, 5.74) is 10.8. The van der Waals surface area contributed by atoms with E-state index >= 15 is 0 Å². The number of carboxylic acid groups (broad SMARTS) is 1. The highest BCUT2D eigenvalue weighted by atomic mass is 16.4. The predicted octanol–water partition coefficient (Wildman–Crippen LogP) is 3.77. The summed E-state index contributed by atoms with van der Waals surface area (Å²) in [7, 11) is 0. The molecule has 0 saturated carbocycles. The molecule has 0 fully saturated rings. The van der Waals surface area contributed by atoms with E-state index in [0.29, 0.717) is 6.42 Å². The van der Waals surface area contributed by atoms with Gasteiger partial charge in [0.1, 0.15) is 11.8 Å². The highest BCUT2D eigenvalue weighted by molar-refractivity contribution is 5.88. The fourth-order valence-electron chi connectivity index (χ4n) is 3.62. The van der Waals surface area contributed by atoms with Crippen molar-refractivity contribution in [3.05, 3.63) is 42.0 Å². The number of hydrogen-bond donors (Lipinski definition) is 6. The number of phenolic OH excluding ortho intramolecular Hbond substituents is 1. The molecule has 2 amide bonds. The summed E-state index contributed by atoms with van der Waals surface area (Å²) >= 11 is 0. The molecule has 10 heteroatoms. The third kappa shape index (κ3) is 22.2. The first-order valence-corrected chi connectivity index (χ1v) is 14.0. The number of unbranched alkanes of at least 4 members (excludes halogenated alkanes) is 8. The maximum absolute atomic E-state index is 12.6. The average molecular weight is 548 g/mol.